The number of benzene rings is 1. The summed E-state index contributed by atoms with van der Waals surface area (Å²) >= 11 is 0. The van der Waals surface area contributed by atoms with Crippen LogP contribution in [-0.2, 0) is 0 Å². The first-order valence-electron chi connectivity index (χ1n) is 5.40. The van der Waals surface area contributed by atoms with Crippen LogP contribution < -0.4 is 10.9 Å². The summed E-state index contributed by atoms with van der Waals surface area (Å²) in [7, 11) is 0. The highest BCUT2D eigenvalue weighted by Gasteiger charge is 2.10. The number of carboxylic acids is 1. The highest BCUT2D eigenvalue weighted by atomic mass is 16.4. The van der Waals surface area contributed by atoms with E-state index in [9.17, 15) is 14.4 Å². The maximum absolute atomic E-state index is 11.8. The van der Waals surface area contributed by atoms with E-state index in [1.165, 1.54) is 36.5 Å². The summed E-state index contributed by atoms with van der Waals surface area (Å²) in [5.41, 5.74) is 0.0424. The van der Waals surface area contributed by atoms with Crippen molar-refractivity contribution in [2.45, 2.75) is 0 Å². The van der Waals surface area contributed by atoms with E-state index in [2.05, 4.69) is 10.3 Å². The number of hydrogen-bond acceptors (Lipinski definition) is 3. The summed E-state index contributed by atoms with van der Waals surface area (Å²) in [5.74, 6) is -1.60. The number of hydrogen-bond donors (Lipinski definition) is 3. The Morgan fingerprint density at radius 3 is 2.37 bits per heavy atom. The molecule has 0 spiro atoms. The number of rotatable bonds is 3. The Bertz CT molecular complexity index is 674. The molecule has 0 atom stereocenters. The van der Waals surface area contributed by atoms with Crippen molar-refractivity contribution in [1.82, 2.24) is 4.98 Å². The number of nitrogens with one attached hydrogen (secondary N) is 2. The van der Waals surface area contributed by atoms with Crippen LogP contribution in [0.25, 0.3) is 0 Å². The largest absolute Gasteiger partial charge is 0.478 e. The Kier molecular flexibility index (Phi) is 3.42. The van der Waals surface area contributed by atoms with Gasteiger partial charge in [-0.2, -0.15) is 0 Å². The molecule has 2 rings (SSSR count). The van der Waals surface area contributed by atoms with Crippen molar-refractivity contribution in [2.75, 3.05) is 5.32 Å². The second kappa shape index (κ2) is 5.18. The molecule has 0 unspecified atom stereocenters. The minimum Gasteiger partial charge on any atom is -0.478 e. The van der Waals surface area contributed by atoms with Crippen LogP contribution in [0.3, 0.4) is 0 Å². The van der Waals surface area contributed by atoms with E-state index in [0.29, 0.717) is 5.69 Å². The normalized spacial score (nSPS) is 9.89. The van der Waals surface area contributed by atoms with Gasteiger partial charge in [0.05, 0.1) is 5.56 Å². The molecule has 6 nitrogen and oxygen atoms in total. The maximum Gasteiger partial charge on any atom is 0.335 e. The molecule has 1 aromatic heterocycles. The van der Waals surface area contributed by atoms with Crippen molar-refractivity contribution in [1.29, 1.82) is 0 Å². The molecular formula is C13H10N2O4. The molecule has 0 saturated carbocycles. The molecule has 19 heavy (non-hydrogen) atoms. The molecular weight excluding hydrogens is 248 g/mol. The summed E-state index contributed by atoms with van der Waals surface area (Å²) in [5, 5.41) is 11.3. The lowest BCUT2D eigenvalue weighted by atomic mass is 10.2. The first-order chi connectivity index (χ1) is 9.08. The van der Waals surface area contributed by atoms with Gasteiger partial charge in [-0.15, -0.1) is 0 Å². The van der Waals surface area contributed by atoms with Crippen LogP contribution in [0.1, 0.15) is 20.7 Å². The van der Waals surface area contributed by atoms with Crippen molar-refractivity contribution in [3.63, 3.8) is 0 Å². The number of carboxylic acid groups (broad SMARTS) is 1. The molecule has 1 aromatic carbocycles. The first-order valence-corrected chi connectivity index (χ1v) is 5.40. The zero-order valence-corrected chi connectivity index (χ0v) is 9.71. The van der Waals surface area contributed by atoms with E-state index in [-0.39, 0.29) is 11.1 Å². The Hall–Kier alpha value is -2.89. The number of amides is 1. The zero-order valence-electron chi connectivity index (χ0n) is 9.71. The molecule has 1 heterocycles. The van der Waals surface area contributed by atoms with E-state index in [4.69, 9.17) is 5.11 Å². The topological polar surface area (TPSA) is 99.3 Å². The van der Waals surface area contributed by atoms with Gasteiger partial charge in [0.15, 0.2) is 0 Å². The molecule has 0 fully saturated rings. The molecule has 3 N–H and O–H groups in total. The third kappa shape index (κ3) is 2.86. The molecule has 0 radical (unpaired) electrons. The fourth-order valence-corrected chi connectivity index (χ4v) is 1.49. The maximum atomic E-state index is 11.8. The van der Waals surface area contributed by atoms with E-state index in [0.717, 1.165) is 0 Å². The van der Waals surface area contributed by atoms with Gasteiger partial charge in [0.2, 0.25) is 0 Å². The van der Waals surface area contributed by atoms with Crippen molar-refractivity contribution in [2.24, 2.45) is 0 Å². The smallest absolute Gasteiger partial charge is 0.335 e. The van der Waals surface area contributed by atoms with Gasteiger partial charge >= 0.3 is 5.97 Å². The van der Waals surface area contributed by atoms with E-state index >= 15 is 0 Å². The van der Waals surface area contributed by atoms with Crippen molar-refractivity contribution in [3.8, 4) is 0 Å². The highest BCUT2D eigenvalue weighted by molar-refractivity contribution is 6.04. The third-order valence-electron chi connectivity index (χ3n) is 2.45. The van der Waals surface area contributed by atoms with E-state index in [1.54, 1.807) is 6.07 Å². The minimum atomic E-state index is -1.04. The van der Waals surface area contributed by atoms with Gasteiger partial charge < -0.3 is 15.4 Å². The van der Waals surface area contributed by atoms with Crippen molar-refractivity contribution >= 4 is 17.6 Å². The number of aromatic nitrogens is 1. The average molecular weight is 258 g/mol. The summed E-state index contributed by atoms with van der Waals surface area (Å²) in [4.78, 5) is 36.3. The monoisotopic (exact) mass is 258 g/mol. The summed E-state index contributed by atoms with van der Waals surface area (Å²) in [6.45, 7) is 0. The lowest BCUT2D eigenvalue weighted by molar-refractivity contribution is 0.0696. The zero-order chi connectivity index (χ0) is 13.8. The predicted octanol–water partition coefficient (Wildman–Crippen LogP) is 1.33. The molecule has 0 aliphatic heterocycles. The van der Waals surface area contributed by atoms with Crippen LogP contribution in [0.5, 0.6) is 0 Å². The Morgan fingerprint density at radius 1 is 1.11 bits per heavy atom. The van der Waals surface area contributed by atoms with E-state index in [1.807, 2.05) is 0 Å². The van der Waals surface area contributed by atoms with Gasteiger partial charge in [-0.1, -0.05) is 0 Å². The summed E-state index contributed by atoms with van der Waals surface area (Å²) in [6.07, 6.45) is 1.43. The molecule has 1 amide bonds. The average Bonchev–Trinajstić information content (AvgIpc) is 2.39. The number of aromatic carboxylic acids is 1. The molecule has 6 heteroatoms. The van der Waals surface area contributed by atoms with Gasteiger partial charge in [0.1, 0.15) is 5.56 Å². The lowest BCUT2D eigenvalue weighted by Gasteiger charge is -2.04. The molecule has 0 bridgehead atoms. The number of H-pyrrole nitrogens is 1. The van der Waals surface area contributed by atoms with Crippen LogP contribution in [0, 0.1) is 0 Å². The first kappa shape index (κ1) is 12.6. The highest BCUT2D eigenvalue weighted by Crippen LogP contribution is 2.10. The number of carbonyl (C=O) groups is 2. The lowest BCUT2D eigenvalue weighted by Crippen LogP contribution is -2.22. The van der Waals surface area contributed by atoms with Gasteiger partial charge in [0.25, 0.3) is 11.5 Å². The standard InChI is InChI=1S/C13H10N2O4/c16-11-10(2-1-7-14-11)12(17)15-9-5-3-8(4-6-9)13(18)19/h1-7H,(H,14,16)(H,15,17)(H,18,19). The quantitative estimate of drug-likeness (QED) is 0.773. The van der Waals surface area contributed by atoms with Gasteiger partial charge in [-0.3, -0.25) is 9.59 Å². The number of pyridine rings is 1. The van der Waals surface area contributed by atoms with Crippen LogP contribution in [0.2, 0.25) is 0 Å². The predicted molar refractivity (Wildman–Crippen MR) is 68.4 cm³/mol. The van der Waals surface area contributed by atoms with E-state index < -0.39 is 17.4 Å². The number of aromatic amines is 1. The molecule has 0 aliphatic carbocycles. The van der Waals surface area contributed by atoms with Crippen LogP contribution >= 0.6 is 0 Å². The summed E-state index contributed by atoms with van der Waals surface area (Å²) in [6, 6.07) is 8.60. The SMILES string of the molecule is O=C(O)c1ccc(NC(=O)c2ccc[nH]c2=O)cc1. The fraction of sp³-hybridized carbons (Fsp3) is 0. The van der Waals surface area contributed by atoms with Crippen LogP contribution in [-0.4, -0.2) is 22.0 Å². The Balaban J connectivity index is 2.18. The minimum absolute atomic E-state index is 0.00943. The van der Waals surface area contributed by atoms with Gasteiger partial charge in [-0.05, 0) is 36.4 Å². The van der Waals surface area contributed by atoms with Gasteiger partial charge in [0, 0.05) is 11.9 Å². The van der Waals surface area contributed by atoms with Crippen molar-refractivity contribution in [3.05, 3.63) is 64.1 Å². The second-order valence-electron chi connectivity index (χ2n) is 3.75. The van der Waals surface area contributed by atoms with Crippen molar-refractivity contribution < 1.29 is 14.7 Å². The number of anilines is 1. The molecule has 96 valence electrons. The second-order valence-corrected chi connectivity index (χ2v) is 3.75. The molecule has 0 saturated heterocycles. The number of carbonyl (C=O) groups excluding carboxylic acids is 1. The van der Waals surface area contributed by atoms with Crippen LogP contribution in [0.4, 0.5) is 5.69 Å². The van der Waals surface area contributed by atoms with Gasteiger partial charge in [-0.25, -0.2) is 4.79 Å². The summed E-state index contributed by atoms with van der Waals surface area (Å²) < 4.78 is 0. The Morgan fingerprint density at radius 2 is 1.79 bits per heavy atom. The molecule has 0 aliphatic rings. The third-order valence-corrected chi connectivity index (χ3v) is 2.45. The fourth-order valence-electron chi connectivity index (χ4n) is 1.49. The van der Waals surface area contributed by atoms with Crippen LogP contribution in [0.15, 0.2) is 47.4 Å². The Labute approximate surface area is 107 Å². The molecule has 2 aromatic rings.